The van der Waals surface area contributed by atoms with Crippen molar-refractivity contribution < 1.29 is 9.16 Å². The highest BCUT2D eigenvalue weighted by Crippen LogP contribution is 2.50. The second kappa shape index (κ2) is 4.46. The lowest BCUT2D eigenvalue weighted by atomic mass is 9.87. The van der Waals surface area contributed by atoms with Crippen molar-refractivity contribution in [3.8, 4) is 0 Å². The van der Waals surface area contributed by atoms with Gasteiger partial charge in [0.15, 0.2) is 8.32 Å². The number of hydrogen-bond acceptors (Lipinski definition) is 2. The molecule has 1 aliphatic heterocycles. The average Bonchev–Trinajstić information content (AvgIpc) is 2.89. The predicted octanol–water partition coefficient (Wildman–Crippen LogP) is 4.28. The standard InChI is InChI=1S/C15H28O2Si/c1-14(2,3)18(5,6)16-11-9-12-8-7-10-15(4)13(12)17-15/h9,13H,7-8,10-11H2,1-6H3/b12-9-/t13-,15+/m1/s1. The summed E-state index contributed by atoms with van der Waals surface area (Å²) in [5.41, 5.74) is 1.64. The third kappa shape index (κ3) is 2.73. The smallest absolute Gasteiger partial charge is 0.192 e. The molecule has 104 valence electrons. The molecular weight excluding hydrogens is 240 g/mol. The van der Waals surface area contributed by atoms with Crippen LogP contribution in [0.1, 0.15) is 47.0 Å². The van der Waals surface area contributed by atoms with Crippen molar-refractivity contribution in [3.63, 3.8) is 0 Å². The highest BCUT2D eigenvalue weighted by molar-refractivity contribution is 6.74. The van der Waals surface area contributed by atoms with Gasteiger partial charge in [-0.1, -0.05) is 26.8 Å². The monoisotopic (exact) mass is 268 g/mol. The number of fused-ring (bicyclic) bond motifs is 1. The van der Waals surface area contributed by atoms with Crippen LogP contribution >= 0.6 is 0 Å². The predicted molar refractivity (Wildman–Crippen MR) is 78.4 cm³/mol. The maximum atomic E-state index is 6.20. The molecule has 2 fully saturated rings. The lowest BCUT2D eigenvalue weighted by molar-refractivity contribution is 0.305. The minimum Gasteiger partial charge on any atom is -0.413 e. The molecule has 1 saturated heterocycles. The summed E-state index contributed by atoms with van der Waals surface area (Å²) >= 11 is 0. The topological polar surface area (TPSA) is 21.8 Å². The molecule has 0 amide bonds. The summed E-state index contributed by atoms with van der Waals surface area (Å²) < 4.78 is 12.0. The van der Waals surface area contributed by atoms with Crippen molar-refractivity contribution in [1.82, 2.24) is 0 Å². The first-order valence-corrected chi connectivity index (χ1v) is 10.1. The Balaban J connectivity index is 1.89. The van der Waals surface area contributed by atoms with Gasteiger partial charge in [0.05, 0.1) is 12.2 Å². The molecule has 1 heterocycles. The van der Waals surface area contributed by atoms with Crippen LogP contribution in [0.15, 0.2) is 11.6 Å². The van der Waals surface area contributed by atoms with Gasteiger partial charge in [0.2, 0.25) is 0 Å². The summed E-state index contributed by atoms with van der Waals surface area (Å²) in [6.45, 7) is 14.5. The number of hydrogen-bond donors (Lipinski definition) is 0. The Morgan fingerprint density at radius 2 is 2.11 bits per heavy atom. The van der Waals surface area contributed by atoms with Crippen molar-refractivity contribution in [2.45, 2.75) is 76.8 Å². The SMILES string of the molecule is CC(C)(C)[Si](C)(C)OC/C=C1/CCC[C@]2(C)O[C@H]12. The Hall–Kier alpha value is -0.123. The molecule has 1 saturated carbocycles. The molecule has 1 aliphatic carbocycles. The second-order valence-corrected chi connectivity index (χ2v) is 12.3. The fourth-order valence-corrected chi connectivity index (χ4v) is 3.38. The molecule has 18 heavy (non-hydrogen) atoms. The van der Waals surface area contributed by atoms with Crippen LogP contribution in [0.3, 0.4) is 0 Å². The van der Waals surface area contributed by atoms with Crippen LogP contribution in [0.4, 0.5) is 0 Å². The van der Waals surface area contributed by atoms with Crippen LogP contribution in [0, 0.1) is 0 Å². The van der Waals surface area contributed by atoms with Crippen LogP contribution in [-0.4, -0.2) is 26.6 Å². The molecule has 3 heteroatoms. The molecule has 2 rings (SSSR count). The highest BCUT2D eigenvalue weighted by atomic mass is 28.4. The molecule has 2 atom stereocenters. The zero-order chi connectivity index (χ0) is 13.6. The molecule has 2 nitrogen and oxygen atoms in total. The van der Waals surface area contributed by atoms with Crippen molar-refractivity contribution in [1.29, 1.82) is 0 Å². The summed E-state index contributed by atoms with van der Waals surface area (Å²) in [6, 6.07) is 0. The molecular formula is C15H28O2Si. The highest BCUT2D eigenvalue weighted by Gasteiger charge is 2.55. The minimum atomic E-state index is -1.60. The minimum absolute atomic E-state index is 0.168. The third-order valence-electron chi connectivity index (χ3n) is 4.96. The van der Waals surface area contributed by atoms with Crippen molar-refractivity contribution in [2.75, 3.05) is 6.61 Å². The van der Waals surface area contributed by atoms with Crippen molar-refractivity contribution in [3.05, 3.63) is 11.6 Å². The van der Waals surface area contributed by atoms with E-state index in [1.807, 2.05) is 0 Å². The fraction of sp³-hybridized carbons (Fsp3) is 0.867. The largest absolute Gasteiger partial charge is 0.413 e. The Bertz CT molecular complexity index is 354. The lowest BCUT2D eigenvalue weighted by Crippen LogP contribution is -2.40. The molecule has 2 aliphatic rings. The molecule has 0 N–H and O–H groups in total. The van der Waals surface area contributed by atoms with Crippen molar-refractivity contribution >= 4 is 8.32 Å². The zero-order valence-electron chi connectivity index (χ0n) is 12.8. The molecule has 0 bridgehead atoms. The molecule has 0 aromatic carbocycles. The van der Waals surface area contributed by atoms with Gasteiger partial charge in [0, 0.05) is 0 Å². The summed E-state index contributed by atoms with van der Waals surface area (Å²) in [5.74, 6) is 0. The van der Waals surface area contributed by atoms with E-state index >= 15 is 0 Å². The van der Waals surface area contributed by atoms with E-state index in [2.05, 4.69) is 46.9 Å². The van der Waals surface area contributed by atoms with Crippen LogP contribution in [-0.2, 0) is 9.16 Å². The molecule has 0 spiro atoms. The maximum Gasteiger partial charge on any atom is 0.192 e. The molecule has 0 unspecified atom stereocenters. The summed E-state index contributed by atoms with van der Waals surface area (Å²) in [7, 11) is -1.60. The number of rotatable bonds is 3. The van der Waals surface area contributed by atoms with Gasteiger partial charge >= 0.3 is 0 Å². The Morgan fingerprint density at radius 1 is 1.44 bits per heavy atom. The van der Waals surface area contributed by atoms with Gasteiger partial charge in [-0.15, -0.1) is 0 Å². The average molecular weight is 268 g/mol. The quantitative estimate of drug-likeness (QED) is 0.433. The first kappa shape index (κ1) is 14.3. The summed E-state index contributed by atoms with van der Waals surface area (Å²) in [4.78, 5) is 0. The molecule has 0 radical (unpaired) electrons. The van der Waals surface area contributed by atoms with Gasteiger partial charge in [-0.05, 0) is 49.9 Å². The Morgan fingerprint density at radius 3 is 2.72 bits per heavy atom. The van der Waals surface area contributed by atoms with Crippen LogP contribution in [0.5, 0.6) is 0 Å². The number of epoxide rings is 1. The summed E-state index contributed by atoms with van der Waals surface area (Å²) in [6.07, 6.45) is 6.36. The van der Waals surface area contributed by atoms with Gasteiger partial charge in [-0.3, -0.25) is 0 Å². The summed E-state index contributed by atoms with van der Waals surface area (Å²) in [5, 5.41) is 0.294. The normalized spacial score (nSPS) is 34.6. The van der Waals surface area contributed by atoms with E-state index in [-0.39, 0.29) is 5.60 Å². The van der Waals surface area contributed by atoms with Crippen LogP contribution < -0.4 is 0 Å². The van der Waals surface area contributed by atoms with E-state index in [1.54, 1.807) is 0 Å². The van der Waals surface area contributed by atoms with Crippen LogP contribution in [0.25, 0.3) is 0 Å². The zero-order valence-corrected chi connectivity index (χ0v) is 13.8. The van der Waals surface area contributed by atoms with Gasteiger partial charge in [0.1, 0.15) is 6.10 Å². The van der Waals surface area contributed by atoms with E-state index < -0.39 is 8.32 Å². The third-order valence-corrected chi connectivity index (χ3v) is 9.46. The lowest BCUT2D eigenvalue weighted by Gasteiger charge is -2.35. The van der Waals surface area contributed by atoms with Gasteiger partial charge in [0.25, 0.3) is 0 Å². The fourth-order valence-electron chi connectivity index (χ4n) is 2.45. The Kier molecular flexibility index (Phi) is 3.54. The van der Waals surface area contributed by atoms with E-state index in [0.29, 0.717) is 11.1 Å². The van der Waals surface area contributed by atoms with Crippen molar-refractivity contribution in [2.24, 2.45) is 0 Å². The first-order valence-electron chi connectivity index (χ1n) is 7.16. The maximum absolute atomic E-state index is 6.20. The Labute approximate surface area is 113 Å². The van der Waals surface area contributed by atoms with E-state index in [1.165, 1.54) is 24.8 Å². The van der Waals surface area contributed by atoms with Crippen LogP contribution in [0.2, 0.25) is 18.1 Å². The molecule has 0 aromatic rings. The number of ether oxygens (including phenoxy) is 1. The van der Waals surface area contributed by atoms with Gasteiger partial charge < -0.3 is 9.16 Å². The second-order valence-electron chi connectivity index (χ2n) is 7.51. The van der Waals surface area contributed by atoms with Gasteiger partial charge in [-0.2, -0.15) is 0 Å². The first-order chi connectivity index (χ1) is 8.16. The van der Waals surface area contributed by atoms with Gasteiger partial charge in [-0.25, -0.2) is 0 Å². The molecule has 0 aromatic heterocycles. The van der Waals surface area contributed by atoms with E-state index in [4.69, 9.17) is 9.16 Å². The van der Waals surface area contributed by atoms with E-state index in [0.717, 1.165) is 6.61 Å². The van der Waals surface area contributed by atoms with E-state index in [9.17, 15) is 0 Å².